The molecule has 248 valence electrons. The van der Waals surface area contributed by atoms with Gasteiger partial charge >= 0.3 is 0 Å². The average molecular weight is 697 g/mol. The van der Waals surface area contributed by atoms with E-state index < -0.39 is 28.5 Å². The summed E-state index contributed by atoms with van der Waals surface area (Å²) in [6.45, 7) is 3.88. The van der Waals surface area contributed by atoms with Crippen LogP contribution >= 0.6 is 23.2 Å². The first kappa shape index (κ1) is 35.8. The molecule has 8 nitrogen and oxygen atoms in total. The van der Waals surface area contributed by atoms with Crippen LogP contribution in [0.2, 0.25) is 10.0 Å². The van der Waals surface area contributed by atoms with Gasteiger partial charge in [-0.2, -0.15) is 0 Å². The van der Waals surface area contributed by atoms with E-state index in [0.29, 0.717) is 22.2 Å². The maximum Gasteiger partial charge on any atom is 0.264 e. The summed E-state index contributed by atoms with van der Waals surface area (Å²) in [5.41, 5.74) is 1.64. The van der Waals surface area contributed by atoms with Crippen LogP contribution in [0.25, 0.3) is 0 Å². The minimum absolute atomic E-state index is 0.0286. The third kappa shape index (κ3) is 9.50. The van der Waals surface area contributed by atoms with Crippen molar-refractivity contribution in [2.24, 2.45) is 0 Å². The van der Waals surface area contributed by atoms with Gasteiger partial charge in [-0.15, -0.1) is 0 Å². The van der Waals surface area contributed by atoms with E-state index in [-0.39, 0.29) is 41.8 Å². The molecule has 1 N–H and O–H groups in total. The highest BCUT2D eigenvalue weighted by molar-refractivity contribution is 7.92. The van der Waals surface area contributed by atoms with Crippen molar-refractivity contribution >= 4 is 50.7 Å². The summed E-state index contributed by atoms with van der Waals surface area (Å²) < 4.78 is 35.4. The zero-order valence-corrected chi connectivity index (χ0v) is 28.8. The van der Waals surface area contributed by atoms with E-state index in [9.17, 15) is 18.0 Å². The molecule has 0 saturated carbocycles. The van der Waals surface area contributed by atoms with Crippen LogP contribution in [-0.2, 0) is 32.6 Å². The van der Waals surface area contributed by atoms with E-state index in [2.05, 4.69) is 5.32 Å². The van der Waals surface area contributed by atoms with Crippen molar-refractivity contribution < 1.29 is 22.7 Å². The Balaban J connectivity index is 1.83. The van der Waals surface area contributed by atoms with Crippen LogP contribution in [0.15, 0.2) is 108 Å². The number of sulfonamides is 1. The summed E-state index contributed by atoms with van der Waals surface area (Å²) in [6, 6.07) is 27.9. The van der Waals surface area contributed by atoms with Crippen molar-refractivity contribution in [2.75, 3.05) is 24.0 Å². The second kappa shape index (κ2) is 17.2. The van der Waals surface area contributed by atoms with Crippen LogP contribution in [0.1, 0.15) is 37.8 Å². The lowest BCUT2D eigenvalue weighted by molar-refractivity contribution is -0.140. The number of halogens is 2. The van der Waals surface area contributed by atoms with Gasteiger partial charge < -0.3 is 15.0 Å². The molecule has 47 heavy (non-hydrogen) atoms. The first-order valence-corrected chi connectivity index (χ1v) is 17.7. The van der Waals surface area contributed by atoms with E-state index in [1.54, 1.807) is 55.5 Å². The fourth-order valence-corrected chi connectivity index (χ4v) is 6.80. The lowest BCUT2D eigenvalue weighted by Crippen LogP contribution is -2.53. The molecule has 4 aromatic carbocycles. The molecule has 0 saturated heterocycles. The molecule has 0 bridgehead atoms. The fourth-order valence-electron chi connectivity index (χ4n) is 5.06. The van der Waals surface area contributed by atoms with Crippen LogP contribution in [0, 0.1) is 0 Å². The number of carbonyl (C=O) groups excluding carboxylic acids is 2. The molecular weight excluding hydrogens is 657 g/mol. The highest BCUT2D eigenvalue weighted by Crippen LogP contribution is 2.33. The number of anilines is 1. The lowest BCUT2D eigenvalue weighted by Gasteiger charge is -2.34. The van der Waals surface area contributed by atoms with Crippen molar-refractivity contribution in [2.45, 2.75) is 50.6 Å². The topological polar surface area (TPSA) is 96.0 Å². The Kier molecular flexibility index (Phi) is 13.1. The first-order chi connectivity index (χ1) is 22.6. The summed E-state index contributed by atoms with van der Waals surface area (Å²) in [5, 5.41) is 3.77. The van der Waals surface area contributed by atoms with Crippen LogP contribution in [0.5, 0.6) is 5.75 Å². The average Bonchev–Trinajstić information content (AvgIpc) is 3.07. The SMILES string of the molecule is CCCCNC(=O)[C@H](Cc1ccccc1)N(Cc1ccccc1Cl)C(=O)CN(c1ccccc1OCC)S(=O)(=O)c1ccc(Cl)cc1. The molecule has 0 aliphatic rings. The maximum atomic E-state index is 14.6. The number of nitrogens with one attached hydrogen (secondary N) is 1. The number of para-hydroxylation sites is 2. The molecular formula is C36H39Cl2N3O5S. The molecule has 0 radical (unpaired) electrons. The van der Waals surface area contributed by atoms with Gasteiger partial charge in [-0.05, 0) is 66.9 Å². The van der Waals surface area contributed by atoms with Crippen molar-refractivity contribution in [3.05, 3.63) is 124 Å². The molecule has 0 unspecified atom stereocenters. The zero-order chi connectivity index (χ0) is 33.8. The third-order valence-corrected chi connectivity index (χ3v) is 9.91. The largest absolute Gasteiger partial charge is 0.492 e. The number of hydrogen-bond donors (Lipinski definition) is 1. The monoisotopic (exact) mass is 695 g/mol. The Hall–Kier alpha value is -4.05. The fraction of sp³-hybridized carbons (Fsp3) is 0.278. The molecule has 1 atom stereocenters. The third-order valence-electron chi connectivity index (χ3n) is 7.51. The highest BCUT2D eigenvalue weighted by Gasteiger charge is 2.35. The summed E-state index contributed by atoms with van der Waals surface area (Å²) in [6.07, 6.45) is 1.85. The number of nitrogens with zero attached hydrogens (tertiary/aromatic N) is 2. The summed E-state index contributed by atoms with van der Waals surface area (Å²) >= 11 is 12.6. The van der Waals surface area contributed by atoms with Crippen molar-refractivity contribution in [1.82, 2.24) is 10.2 Å². The molecule has 4 aromatic rings. The van der Waals surface area contributed by atoms with Crippen molar-refractivity contribution in [3.63, 3.8) is 0 Å². The lowest BCUT2D eigenvalue weighted by atomic mass is 10.0. The van der Waals surface area contributed by atoms with E-state index in [1.165, 1.54) is 29.2 Å². The minimum atomic E-state index is -4.32. The normalized spacial score (nSPS) is 11.8. The molecule has 0 aliphatic heterocycles. The van der Waals surface area contributed by atoms with E-state index in [1.807, 2.05) is 37.3 Å². The quantitative estimate of drug-likeness (QED) is 0.126. The van der Waals surface area contributed by atoms with Crippen molar-refractivity contribution in [3.8, 4) is 5.75 Å². The van der Waals surface area contributed by atoms with Gasteiger partial charge in [0.05, 0.1) is 17.2 Å². The highest BCUT2D eigenvalue weighted by atomic mass is 35.5. The number of benzene rings is 4. The number of hydrogen-bond acceptors (Lipinski definition) is 5. The maximum absolute atomic E-state index is 14.6. The number of carbonyl (C=O) groups is 2. The molecule has 0 aliphatic carbocycles. The second-order valence-corrected chi connectivity index (χ2v) is 13.5. The van der Waals surface area contributed by atoms with Gasteiger partial charge in [-0.1, -0.05) is 97.2 Å². The van der Waals surface area contributed by atoms with Gasteiger partial charge in [0, 0.05) is 29.6 Å². The van der Waals surface area contributed by atoms with Gasteiger partial charge in [0.2, 0.25) is 11.8 Å². The Morgan fingerprint density at radius 3 is 2.19 bits per heavy atom. The Labute approximate surface area is 287 Å². The van der Waals surface area contributed by atoms with Gasteiger partial charge in [0.15, 0.2) is 0 Å². The van der Waals surface area contributed by atoms with Crippen LogP contribution in [0.3, 0.4) is 0 Å². The van der Waals surface area contributed by atoms with Gasteiger partial charge in [-0.25, -0.2) is 8.42 Å². The molecule has 0 spiro atoms. The molecule has 0 aromatic heterocycles. The number of ether oxygens (including phenoxy) is 1. The second-order valence-electron chi connectivity index (χ2n) is 10.8. The molecule has 0 heterocycles. The molecule has 0 fully saturated rings. The molecule has 2 amide bonds. The minimum Gasteiger partial charge on any atom is -0.492 e. The number of rotatable bonds is 16. The van der Waals surface area contributed by atoms with Gasteiger partial charge in [0.25, 0.3) is 10.0 Å². The van der Waals surface area contributed by atoms with Gasteiger partial charge in [0.1, 0.15) is 18.3 Å². The predicted molar refractivity (Wildman–Crippen MR) is 187 cm³/mol. The van der Waals surface area contributed by atoms with Crippen LogP contribution in [-0.4, -0.2) is 50.9 Å². The predicted octanol–water partition coefficient (Wildman–Crippen LogP) is 7.14. The van der Waals surface area contributed by atoms with E-state index >= 15 is 0 Å². The summed E-state index contributed by atoms with van der Waals surface area (Å²) in [7, 11) is -4.32. The number of unbranched alkanes of at least 4 members (excludes halogenated alkanes) is 1. The number of amides is 2. The first-order valence-electron chi connectivity index (χ1n) is 15.5. The van der Waals surface area contributed by atoms with Crippen LogP contribution in [0.4, 0.5) is 5.69 Å². The summed E-state index contributed by atoms with van der Waals surface area (Å²) in [4.78, 5) is 29.9. The van der Waals surface area contributed by atoms with E-state index in [4.69, 9.17) is 27.9 Å². The Morgan fingerprint density at radius 1 is 0.851 bits per heavy atom. The van der Waals surface area contributed by atoms with Gasteiger partial charge in [-0.3, -0.25) is 13.9 Å². The molecule has 4 rings (SSSR count). The van der Waals surface area contributed by atoms with E-state index in [0.717, 1.165) is 22.7 Å². The smallest absolute Gasteiger partial charge is 0.264 e. The summed E-state index contributed by atoms with van der Waals surface area (Å²) in [5.74, 6) is -0.652. The van der Waals surface area contributed by atoms with Crippen molar-refractivity contribution in [1.29, 1.82) is 0 Å². The van der Waals surface area contributed by atoms with Crippen LogP contribution < -0.4 is 14.4 Å². The Morgan fingerprint density at radius 2 is 1.51 bits per heavy atom. The Bertz CT molecular complexity index is 1740. The standard InChI is InChI=1S/C36H39Cl2N3O5S/c1-3-5-23-39-36(43)33(24-27-13-7-6-8-14-27)40(25-28-15-9-10-16-31(28)38)35(42)26-41(32-17-11-12-18-34(32)46-4-2)47(44,45)30-21-19-29(37)20-22-30/h6-22,33H,3-5,23-26H2,1-2H3,(H,39,43)/t33-/m0/s1. The molecule has 11 heteroatoms. The zero-order valence-electron chi connectivity index (χ0n) is 26.4.